The molecule has 0 aliphatic rings. The first-order valence-electron chi connectivity index (χ1n) is 7.36. The van der Waals surface area contributed by atoms with Crippen molar-refractivity contribution in [2.75, 3.05) is 24.7 Å². The molecule has 0 atom stereocenters. The first-order chi connectivity index (χ1) is 12.1. The van der Waals surface area contributed by atoms with Crippen molar-refractivity contribution in [3.05, 3.63) is 47.5 Å². The van der Waals surface area contributed by atoms with Crippen molar-refractivity contribution >= 4 is 44.5 Å². The maximum atomic E-state index is 11.6. The van der Waals surface area contributed by atoms with E-state index in [2.05, 4.69) is 10.6 Å². The van der Waals surface area contributed by atoms with Crippen LogP contribution < -0.4 is 10.6 Å². The molecule has 10 heteroatoms. The van der Waals surface area contributed by atoms with E-state index in [0.29, 0.717) is 11.4 Å². The van der Waals surface area contributed by atoms with Gasteiger partial charge in [0.05, 0.1) is 4.90 Å². The molecule has 6 N–H and O–H groups in total. The van der Waals surface area contributed by atoms with Crippen molar-refractivity contribution in [1.29, 1.82) is 0 Å². The van der Waals surface area contributed by atoms with E-state index in [-0.39, 0.29) is 20.9 Å². The summed E-state index contributed by atoms with van der Waals surface area (Å²) in [5.74, 6) is 0. The Morgan fingerprint density at radius 3 is 1.58 bits per heavy atom. The van der Waals surface area contributed by atoms with E-state index in [1.807, 2.05) is 0 Å². The standard InChI is InChI=1S/C16H20N2O6S2/c1-17-13-7-5-11(15(9-13)25(19,20)21)3-4-12-6-8-14(18-2)10-16(12)26(22,23)24/h3-10,17-21H,1-2H3,(H,22,23,24). The normalized spacial score (nSPS) is 13.0. The molecule has 0 spiro atoms. The lowest BCUT2D eigenvalue weighted by Gasteiger charge is -2.22. The van der Waals surface area contributed by atoms with E-state index in [9.17, 15) is 26.6 Å². The molecule has 0 saturated carbocycles. The van der Waals surface area contributed by atoms with Gasteiger partial charge in [0.25, 0.3) is 10.1 Å². The minimum Gasteiger partial charge on any atom is -0.388 e. The lowest BCUT2D eigenvalue weighted by atomic mass is 10.1. The minimum atomic E-state index is -4.46. The zero-order valence-electron chi connectivity index (χ0n) is 14.0. The van der Waals surface area contributed by atoms with Crippen LogP contribution in [-0.2, 0) is 10.1 Å². The second kappa shape index (κ2) is 7.66. The number of nitrogens with one attached hydrogen (secondary N) is 2. The third-order valence-electron chi connectivity index (χ3n) is 3.62. The molecule has 0 aromatic heterocycles. The number of anilines is 2. The van der Waals surface area contributed by atoms with E-state index in [0.717, 1.165) is 0 Å². The Labute approximate surface area is 153 Å². The maximum Gasteiger partial charge on any atom is 0.295 e. The second-order valence-corrected chi connectivity index (χ2v) is 8.20. The molecule has 2 rings (SSSR count). The van der Waals surface area contributed by atoms with Crippen molar-refractivity contribution in [1.82, 2.24) is 0 Å². The van der Waals surface area contributed by atoms with Gasteiger partial charge in [0.2, 0.25) is 0 Å². The highest BCUT2D eigenvalue weighted by Crippen LogP contribution is 2.47. The van der Waals surface area contributed by atoms with E-state index >= 15 is 0 Å². The number of benzene rings is 2. The molecule has 0 bridgehead atoms. The molecule has 0 amide bonds. The molecular formula is C16H20N2O6S2. The largest absolute Gasteiger partial charge is 0.388 e. The van der Waals surface area contributed by atoms with Gasteiger partial charge >= 0.3 is 0 Å². The van der Waals surface area contributed by atoms with Crippen LogP contribution in [0.3, 0.4) is 0 Å². The lowest BCUT2D eigenvalue weighted by Crippen LogP contribution is -2.02. The molecule has 0 fully saturated rings. The van der Waals surface area contributed by atoms with Gasteiger partial charge in [-0.15, -0.1) is 0 Å². The van der Waals surface area contributed by atoms with Gasteiger partial charge in [-0.2, -0.15) is 8.42 Å². The Morgan fingerprint density at radius 2 is 1.19 bits per heavy atom. The summed E-state index contributed by atoms with van der Waals surface area (Å²) in [5.41, 5.74) is 1.54. The third-order valence-corrected chi connectivity index (χ3v) is 5.47. The van der Waals surface area contributed by atoms with Crippen LogP contribution in [0.5, 0.6) is 0 Å². The van der Waals surface area contributed by atoms with Crippen LogP contribution in [0.1, 0.15) is 11.1 Å². The smallest absolute Gasteiger partial charge is 0.295 e. The average Bonchev–Trinajstić information content (AvgIpc) is 2.58. The SMILES string of the molecule is CNc1ccc(C=Cc2ccc(NC)cc2S(=O)(=O)O)c(S(O)(O)O)c1. The third kappa shape index (κ3) is 4.75. The van der Waals surface area contributed by atoms with Gasteiger partial charge in [0.15, 0.2) is 0 Å². The quantitative estimate of drug-likeness (QED) is 0.318. The molecule has 2 aromatic carbocycles. The van der Waals surface area contributed by atoms with E-state index in [1.165, 1.54) is 36.4 Å². The highest BCUT2D eigenvalue weighted by molar-refractivity contribution is 8.19. The summed E-state index contributed by atoms with van der Waals surface area (Å²) >= 11 is 0. The van der Waals surface area contributed by atoms with Crippen LogP contribution in [0.25, 0.3) is 12.2 Å². The van der Waals surface area contributed by atoms with Crippen LogP contribution in [-0.4, -0.2) is 40.7 Å². The summed E-state index contributed by atoms with van der Waals surface area (Å²) in [6, 6.07) is 8.96. The fourth-order valence-electron chi connectivity index (χ4n) is 2.30. The van der Waals surface area contributed by atoms with Crippen molar-refractivity contribution < 1.29 is 26.6 Å². The van der Waals surface area contributed by atoms with Crippen LogP contribution >= 0.6 is 10.9 Å². The predicted octanol–water partition coefficient (Wildman–Crippen LogP) is 3.77. The number of hydrogen-bond acceptors (Lipinski definition) is 7. The number of rotatable bonds is 6. The number of hydrogen-bond donors (Lipinski definition) is 6. The summed E-state index contributed by atoms with van der Waals surface area (Å²) in [4.78, 5) is -0.412. The molecular weight excluding hydrogens is 380 g/mol. The monoisotopic (exact) mass is 400 g/mol. The zero-order chi connectivity index (χ0) is 19.5. The molecule has 0 heterocycles. The molecule has 0 radical (unpaired) electrons. The van der Waals surface area contributed by atoms with Crippen LogP contribution in [0.2, 0.25) is 0 Å². The van der Waals surface area contributed by atoms with E-state index in [4.69, 9.17) is 0 Å². The van der Waals surface area contributed by atoms with Crippen molar-refractivity contribution in [3.8, 4) is 0 Å². The van der Waals surface area contributed by atoms with Crippen LogP contribution in [0.4, 0.5) is 11.4 Å². The molecule has 8 nitrogen and oxygen atoms in total. The minimum absolute atomic E-state index is 0.110. The molecule has 2 aromatic rings. The van der Waals surface area contributed by atoms with Crippen molar-refractivity contribution in [2.45, 2.75) is 9.79 Å². The average molecular weight is 400 g/mol. The van der Waals surface area contributed by atoms with E-state index < -0.39 is 21.0 Å². The zero-order valence-corrected chi connectivity index (χ0v) is 15.7. The van der Waals surface area contributed by atoms with Gasteiger partial charge in [0.1, 0.15) is 15.8 Å². The summed E-state index contributed by atoms with van der Waals surface area (Å²) < 4.78 is 61.5. The van der Waals surface area contributed by atoms with Crippen molar-refractivity contribution in [3.63, 3.8) is 0 Å². The second-order valence-electron chi connectivity index (χ2n) is 5.33. The Morgan fingerprint density at radius 1 is 0.769 bits per heavy atom. The topological polar surface area (TPSA) is 139 Å². The Bertz CT molecular complexity index is 936. The van der Waals surface area contributed by atoms with Gasteiger partial charge in [-0.1, -0.05) is 24.3 Å². The van der Waals surface area contributed by atoms with Crippen LogP contribution in [0.15, 0.2) is 46.2 Å². The van der Waals surface area contributed by atoms with Crippen LogP contribution in [0, 0.1) is 0 Å². The fraction of sp³-hybridized carbons (Fsp3) is 0.125. The summed E-state index contributed by atoms with van der Waals surface area (Å²) in [6.07, 6.45) is 2.81. The lowest BCUT2D eigenvalue weighted by molar-refractivity contribution is 0.376. The van der Waals surface area contributed by atoms with Gasteiger partial charge in [0, 0.05) is 25.5 Å². The molecule has 0 aliphatic carbocycles. The van der Waals surface area contributed by atoms with Gasteiger partial charge in [-0.05, 0) is 35.4 Å². The van der Waals surface area contributed by atoms with E-state index in [1.54, 1.807) is 26.2 Å². The molecule has 142 valence electrons. The van der Waals surface area contributed by atoms with Crippen molar-refractivity contribution in [2.24, 2.45) is 0 Å². The first-order valence-corrected chi connectivity index (χ1v) is 10.3. The Kier molecular flexibility index (Phi) is 5.96. The molecule has 0 aliphatic heterocycles. The summed E-state index contributed by atoms with van der Waals surface area (Å²) in [5, 5.41) is 5.60. The summed E-state index contributed by atoms with van der Waals surface area (Å²) in [7, 11) is -5.20. The summed E-state index contributed by atoms with van der Waals surface area (Å²) in [6.45, 7) is 0. The van der Waals surface area contributed by atoms with Gasteiger partial charge < -0.3 is 24.3 Å². The Hall–Kier alpha value is -2.08. The van der Waals surface area contributed by atoms with Gasteiger partial charge in [-0.25, -0.2) is 0 Å². The van der Waals surface area contributed by atoms with Gasteiger partial charge in [-0.3, -0.25) is 4.55 Å². The maximum absolute atomic E-state index is 11.6. The highest BCUT2D eigenvalue weighted by atomic mass is 32.3. The molecule has 26 heavy (non-hydrogen) atoms. The predicted molar refractivity (Wildman–Crippen MR) is 104 cm³/mol. The Balaban J connectivity index is 2.55. The molecule has 0 unspecified atom stereocenters. The molecule has 0 saturated heterocycles. The highest BCUT2D eigenvalue weighted by Gasteiger charge is 2.20. The fourth-order valence-corrected chi connectivity index (χ4v) is 3.74. The first kappa shape index (κ1) is 20.2.